The van der Waals surface area contributed by atoms with Crippen molar-refractivity contribution in [3.05, 3.63) is 36.4 Å². The Morgan fingerprint density at radius 3 is 2.87 bits per heavy atom. The third-order valence-electron chi connectivity index (χ3n) is 2.13. The van der Waals surface area contributed by atoms with Gasteiger partial charge in [0.25, 0.3) is 0 Å². The van der Waals surface area contributed by atoms with E-state index in [1.54, 1.807) is 24.0 Å². The second-order valence-electron chi connectivity index (χ2n) is 3.15. The molecule has 0 spiro atoms. The van der Waals surface area contributed by atoms with E-state index in [9.17, 15) is 5.11 Å². The molecule has 0 bridgehead atoms. The molecule has 0 aliphatic heterocycles. The van der Waals surface area contributed by atoms with E-state index < -0.39 is 6.10 Å². The number of aromatic nitrogens is 5. The zero-order chi connectivity index (χ0) is 10.7. The molecule has 2 aromatic rings. The maximum Gasteiger partial charge on any atom is 0.138 e. The minimum Gasteiger partial charge on any atom is -0.386 e. The summed E-state index contributed by atoms with van der Waals surface area (Å²) in [5.41, 5.74) is 0.591. The fourth-order valence-electron chi connectivity index (χ4n) is 1.28. The van der Waals surface area contributed by atoms with Crippen molar-refractivity contribution >= 4 is 0 Å². The number of hydrogen-bond acceptors (Lipinski definition) is 5. The van der Waals surface area contributed by atoms with E-state index >= 15 is 0 Å². The van der Waals surface area contributed by atoms with Gasteiger partial charge in [-0.2, -0.15) is 5.10 Å². The topological polar surface area (TPSA) is 76.7 Å². The number of aliphatic hydroxyl groups excluding tert-OH is 1. The van der Waals surface area contributed by atoms with Gasteiger partial charge in [-0.3, -0.25) is 4.68 Å². The number of aliphatic hydroxyl groups is 1. The summed E-state index contributed by atoms with van der Waals surface area (Å²) >= 11 is 0. The van der Waals surface area contributed by atoms with Crippen LogP contribution in [0.2, 0.25) is 0 Å². The van der Waals surface area contributed by atoms with E-state index in [4.69, 9.17) is 0 Å². The minimum atomic E-state index is -0.670. The first-order valence-corrected chi connectivity index (χ1v) is 4.54. The average molecular weight is 205 g/mol. The second-order valence-corrected chi connectivity index (χ2v) is 3.15. The summed E-state index contributed by atoms with van der Waals surface area (Å²) in [7, 11) is 1.79. The van der Waals surface area contributed by atoms with Crippen LogP contribution >= 0.6 is 0 Å². The highest BCUT2D eigenvalue weighted by atomic mass is 16.3. The number of aryl methyl sites for hydroxylation is 1. The number of hydrogen-bond donors (Lipinski definition) is 1. The molecule has 1 unspecified atom stereocenters. The van der Waals surface area contributed by atoms with Crippen molar-refractivity contribution in [2.45, 2.75) is 12.5 Å². The van der Waals surface area contributed by atoms with Crippen LogP contribution in [0.25, 0.3) is 0 Å². The Morgan fingerprint density at radius 2 is 2.27 bits per heavy atom. The molecule has 1 N–H and O–H groups in total. The first-order chi connectivity index (χ1) is 7.27. The predicted molar refractivity (Wildman–Crippen MR) is 51.7 cm³/mol. The van der Waals surface area contributed by atoms with Crippen LogP contribution in [0.1, 0.15) is 17.6 Å². The average Bonchev–Trinajstić information content (AvgIpc) is 2.66. The molecule has 1 atom stereocenters. The van der Waals surface area contributed by atoms with E-state index in [2.05, 4.69) is 20.1 Å². The Kier molecular flexibility index (Phi) is 2.68. The van der Waals surface area contributed by atoms with Crippen molar-refractivity contribution in [1.82, 2.24) is 24.7 Å². The predicted octanol–water partition coefficient (Wildman–Crippen LogP) is -0.119. The van der Waals surface area contributed by atoms with E-state index in [1.165, 1.54) is 12.7 Å². The van der Waals surface area contributed by atoms with Crippen LogP contribution < -0.4 is 0 Å². The van der Waals surface area contributed by atoms with Gasteiger partial charge in [0.2, 0.25) is 0 Å². The molecule has 0 fully saturated rings. The molecular formula is C9H11N5O. The highest BCUT2D eigenvalue weighted by Crippen LogP contribution is 2.13. The molecule has 0 aliphatic rings. The summed E-state index contributed by atoms with van der Waals surface area (Å²) < 4.78 is 1.63. The largest absolute Gasteiger partial charge is 0.386 e. The van der Waals surface area contributed by atoms with Crippen molar-refractivity contribution in [1.29, 1.82) is 0 Å². The maximum atomic E-state index is 9.85. The minimum absolute atomic E-state index is 0.396. The SMILES string of the molecule is Cn1ncnc1CC(O)c1ccncn1. The Labute approximate surface area is 86.6 Å². The quantitative estimate of drug-likeness (QED) is 0.756. The van der Waals surface area contributed by atoms with Gasteiger partial charge in [0, 0.05) is 19.7 Å². The Morgan fingerprint density at radius 1 is 1.40 bits per heavy atom. The van der Waals surface area contributed by atoms with Crippen LogP contribution in [0.5, 0.6) is 0 Å². The van der Waals surface area contributed by atoms with E-state index in [0.29, 0.717) is 12.1 Å². The van der Waals surface area contributed by atoms with Crippen LogP contribution in [0.15, 0.2) is 24.9 Å². The third-order valence-corrected chi connectivity index (χ3v) is 2.13. The molecule has 2 aromatic heterocycles. The highest BCUT2D eigenvalue weighted by Gasteiger charge is 2.12. The zero-order valence-electron chi connectivity index (χ0n) is 8.28. The van der Waals surface area contributed by atoms with Crippen LogP contribution in [0, 0.1) is 0 Å². The lowest BCUT2D eigenvalue weighted by Gasteiger charge is -2.08. The molecule has 2 heterocycles. The maximum absolute atomic E-state index is 9.85. The van der Waals surface area contributed by atoms with Crippen molar-refractivity contribution in [2.24, 2.45) is 7.05 Å². The van der Waals surface area contributed by atoms with E-state index in [1.807, 2.05) is 0 Å². The zero-order valence-corrected chi connectivity index (χ0v) is 8.28. The first-order valence-electron chi connectivity index (χ1n) is 4.54. The van der Waals surface area contributed by atoms with Crippen molar-refractivity contribution < 1.29 is 5.11 Å². The van der Waals surface area contributed by atoms with Crippen molar-refractivity contribution in [3.63, 3.8) is 0 Å². The molecule has 0 aromatic carbocycles. The lowest BCUT2D eigenvalue weighted by Crippen LogP contribution is -2.08. The highest BCUT2D eigenvalue weighted by molar-refractivity contribution is 5.04. The van der Waals surface area contributed by atoms with Gasteiger partial charge in [0.15, 0.2) is 0 Å². The van der Waals surface area contributed by atoms with Crippen molar-refractivity contribution in [2.75, 3.05) is 0 Å². The molecule has 2 rings (SSSR count). The third kappa shape index (κ3) is 2.16. The molecule has 0 radical (unpaired) electrons. The van der Waals surface area contributed by atoms with Gasteiger partial charge in [0.05, 0.1) is 5.69 Å². The van der Waals surface area contributed by atoms with Gasteiger partial charge in [-0.15, -0.1) is 0 Å². The van der Waals surface area contributed by atoms with E-state index in [-0.39, 0.29) is 0 Å². The van der Waals surface area contributed by atoms with Gasteiger partial charge in [-0.1, -0.05) is 0 Å². The Bertz CT molecular complexity index is 427. The van der Waals surface area contributed by atoms with Crippen LogP contribution in [-0.2, 0) is 13.5 Å². The lowest BCUT2D eigenvalue weighted by atomic mass is 10.2. The Hall–Kier alpha value is -1.82. The molecule has 78 valence electrons. The second kappa shape index (κ2) is 4.14. The fraction of sp³-hybridized carbons (Fsp3) is 0.333. The van der Waals surface area contributed by atoms with E-state index in [0.717, 1.165) is 5.82 Å². The summed E-state index contributed by atoms with van der Waals surface area (Å²) in [4.78, 5) is 11.8. The normalized spacial score (nSPS) is 12.7. The van der Waals surface area contributed by atoms with Gasteiger partial charge < -0.3 is 5.11 Å². The molecule has 6 nitrogen and oxygen atoms in total. The molecule has 0 saturated carbocycles. The van der Waals surface area contributed by atoms with Gasteiger partial charge >= 0.3 is 0 Å². The molecule has 0 saturated heterocycles. The van der Waals surface area contributed by atoms with Gasteiger partial charge in [-0.25, -0.2) is 15.0 Å². The molecule has 0 aliphatic carbocycles. The molecular weight excluding hydrogens is 194 g/mol. The summed E-state index contributed by atoms with van der Waals surface area (Å²) in [6.07, 6.45) is 4.20. The monoisotopic (exact) mass is 205 g/mol. The van der Waals surface area contributed by atoms with Crippen LogP contribution in [0.3, 0.4) is 0 Å². The Balaban J connectivity index is 2.11. The van der Waals surface area contributed by atoms with Crippen molar-refractivity contribution in [3.8, 4) is 0 Å². The molecule has 0 amide bonds. The van der Waals surface area contributed by atoms with Crippen LogP contribution in [-0.4, -0.2) is 29.8 Å². The number of rotatable bonds is 3. The summed E-state index contributed by atoms with van der Waals surface area (Å²) in [6.45, 7) is 0. The summed E-state index contributed by atoms with van der Waals surface area (Å²) in [6, 6.07) is 1.68. The first kappa shape index (κ1) is 9.72. The standard InChI is InChI=1S/C9H11N5O/c1-14-9(12-6-13-14)4-8(15)7-2-3-10-5-11-7/h2-3,5-6,8,15H,4H2,1H3. The van der Waals surface area contributed by atoms with Gasteiger partial charge in [0.1, 0.15) is 24.6 Å². The van der Waals surface area contributed by atoms with Crippen LogP contribution in [0.4, 0.5) is 0 Å². The molecule has 15 heavy (non-hydrogen) atoms. The molecule has 6 heteroatoms. The fourth-order valence-corrected chi connectivity index (χ4v) is 1.28. The van der Waals surface area contributed by atoms with Gasteiger partial charge in [-0.05, 0) is 6.07 Å². The summed E-state index contributed by atoms with van der Waals surface area (Å²) in [5, 5.41) is 13.8. The summed E-state index contributed by atoms with van der Waals surface area (Å²) in [5.74, 6) is 0.723. The smallest absolute Gasteiger partial charge is 0.138 e. The lowest BCUT2D eigenvalue weighted by molar-refractivity contribution is 0.169. The number of nitrogens with zero attached hydrogens (tertiary/aromatic N) is 5.